The van der Waals surface area contributed by atoms with Crippen molar-refractivity contribution in [2.45, 2.75) is 18.9 Å². The first-order valence-corrected chi connectivity index (χ1v) is 7.65. The molecule has 1 aliphatic heterocycles. The van der Waals surface area contributed by atoms with Gasteiger partial charge in [-0.1, -0.05) is 29.3 Å². The van der Waals surface area contributed by atoms with Crippen molar-refractivity contribution in [3.63, 3.8) is 0 Å². The summed E-state index contributed by atoms with van der Waals surface area (Å²) in [6.07, 6.45) is 1.67. The molecule has 0 fully saturated rings. The molecule has 1 N–H and O–H groups in total. The second-order valence-corrected chi connectivity index (χ2v) is 6.00. The molecule has 0 aliphatic carbocycles. The monoisotopic (exact) mass is 336 g/mol. The van der Waals surface area contributed by atoms with Gasteiger partial charge in [0, 0.05) is 21.8 Å². The fourth-order valence-corrected chi connectivity index (χ4v) is 3.02. The number of halogens is 2. The van der Waals surface area contributed by atoms with Crippen LogP contribution in [0.4, 0.5) is 0 Å². The normalized spacial score (nSPS) is 17.5. The van der Waals surface area contributed by atoms with Crippen molar-refractivity contribution >= 4 is 29.1 Å². The number of benzene rings is 1. The highest BCUT2D eigenvalue weighted by molar-refractivity contribution is 6.35. The fourth-order valence-electron chi connectivity index (χ4n) is 2.45. The van der Waals surface area contributed by atoms with E-state index in [1.165, 1.54) is 0 Å². The lowest BCUT2D eigenvalue weighted by atomic mass is 9.99. The number of aromatic nitrogens is 1. The van der Waals surface area contributed by atoms with E-state index in [4.69, 9.17) is 27.9 Å². The molecule has 0 saturated carbocycles. The van der Waals surface area contributed by atoms with Gasteiger partial charge in [0.15, 0.2) is 0 Å². The number of carbonyl (C=O) groups excluding carboxylic acids is 1. The zero-order valence-corrected chi connectivity index (χ0v) is 13.4. The van der Waals surface area contributed by atoms with Gasteiger partial charge < -0.3 is 10.1 Å². The number of rotatable bonds is 3. The number of ether oxygens (including phenoxy) is 1. The molecule has 6 heteroatoms. The second-order valence-electron chi connectivity index (χ2n) is 5.16. The predicted octanol–water partition coefficient (Wildman–Crippen LogP) is 3.74. The Balaban J connectivity index is 1.75. The number of hydrogen-bond acceptors (Lipinski definition) is 3. The number of fused-ring (bicyclic) bond motifs is 1. The van der Waals surface area contributed by atoms with Crippen LogP contribution >= 0.6 is 23.2 Å². The Labute approximate surface area is 138 Å². The van der Waals surface area contributed by atoms with Crippen molar-refractivity contribution in [3.05, 3.63) is 57.7 Å². The maximum atomic E-state index is 12.5. The maximum Gasteiger partial charge on any atom is 0.227 e. The van der Waals surface area contributed by atoms with Crippen molar-refractivity contribution in [2.75, 3.05) is 6.61 Å². The number of carbonyl (C=O) groups is 1. The summed E-state index contributed by atoms with van der Waals surface area (Å²) in [6.45, 7) is 2.20. The highest BCUT2D eigenvalue weighted by Crippen LogP contribution is 2.31. The molecule has 2 atom stereocenters. The van der Waals surface area contributed by atoms with Crippen LogP contribution < -0.4 is 10.1 Å². The highest BCUT2D eigenvalue weighted by atomic mass is 35.5. The van der Waals surface area contributed by atoms with Crippen molar-refractivity contribution < 1.29 is 9.53 Å². The van der Waals surface area contributed by atoms with E-state index in [-0.39, 0.29) is 17.9 Å². The standard InChI is InChI=1S/C16H14Cl2N2O2/c1-9(11-5-4-10(17)7-13(11)18)15(21)20-14-8-22-16-12(14)3-2-6-19-16/h2-7,9,14H,8H2,1H3,(H,20,21)/t9-,14+/m1/s1. The molecule has 0 spiro atoms. The molecule has 22 heavy (non-hydrogen) atoms. The average molecular weight is 337 g/mol. The smallest absolute Gasteiger partial charge is 0.227 e. The van der Waals surface area contributed by atoms with Crippen LogP contribution in [0.5, 0.6) is 5.88 Å². The van der Waals surface area contributed by atoms with E-state index in [2.05, 4.69) is 10.3 Å². The Kier molecular flexibility index (Phi) is 4.23. The topological polar surface area (TPSA) is 51.2 Å². The summed E-state index contributed by atoms with van der Waals surface area (Å²) in [5.74, 6) is 0.0741. The molecule has 1 aromatic carbocycles. The van der Waals surface area contributed by atoms with Gasteiger partial charge in [0.1, 0.15) is 6.61 Å². The van der Waals surface area contributed by atoms with Gasteiger partial charge in [0.2, 0.25) is 11.8 Å². The lowest BCUT2D eigenvalue weighted by molar-refractivity contribution is -0.123. The predicted molar refractivity (Wildman–Crippen MR) is 85.5 cm³/mol. The highest BCUT2D eigenvalue weighted by Gasteiger charge is 2.28. The van der Waals surface area contributed by atoms with Crippen LogP contribution in [-0.2, 0) is 4.79 Å². The Hall–Kier alpha value is -1.78. The summed E-state index contributed by atoms with van der Waals surface area (Å²) in [6, 6.07) is 8.68. The molecular weight excluding hydrogens is 323 g/mol. The zero-order chi connectivity index (χ0) is 15.7. The van der Waals surface area contributed by atoms with Crippen molar-refractivity contribution in [1.82, 2.24) is 10.3 Å². The summed E-state index contributed by atoms with van der Waals surface area (Å²) >= 11 is 12.1. The van der Waals surface area contributed by atoms with Gasteiger partial charge in [-0.2, -0.15) is 0 Å². The Morgan fingerprint density at radius 3 is 3.00 bits per heavy atom. The molecule has 0 saturated heterocycles. The van der Waals surface area contributed by atoms with E-state index < -0.39 is 0 Å². The third kappa shape index (κ3) is 2.89. The molecule has 2 aromatic rings. The Bertz CT molecular complexity index is 721. The van der Waals surface area contributed by atoms with E-state index in [0.717, 1.165) is 11.1 Å². The second kappa shape index (κ2) is 6.15. The molecule has 0 radical (unpaired) electrons. The van der Waals surface area contributed by atoms with Crippen molar-refractivity contribution in [2.24, 2.45) is 0 Å². The minimum Gasteiger partial charge on any atom is -0.475 e. The molecule has 1 aromatic heterocycles. The van der Waals surface area contributed by atoms with Gasteiger partial charge >= 0.3 is 0 Å². The number of amides is 1. The minimum atomic E-state index is -0.384. The van der Waals surface area contributed by atoms with Gasteiger partial charge in [-0.05, 0) is 36.8 Å². The van der Waals surface area contributed by atoms with E-state index in [0.29, 0.717) is 22.5 Å². The number of pyridine rings is 1. The summed E-state index contributed by atoms with van der Waals surface area (Å²) in [5.41, 5.74) is 1.64. The summed E-state index contributed by atoms with van der Waals surface area (Å²) in [5, 5.41) is 4.01. The molecule has 1 amide bonds. The fraction of sp³-hybridized carbons (Fsp3) is 0.250. The SMILES string of the molecule is C[C@@H](C(=O)N[C@H]1COc2ncccc21)c1ccc(Cl)cc1Cl. The van der Waals surface area contributed by atoms with Gasteiger partial charge in [0.25, 0.3) is 0 Å². The van der Waals surface area contributed by atoms with Crippen LogP contribution in [0.3, 0.4) is 0 Å². The number of hydrogen-bond donors (Lipinski definition) is 1. The summed E-state index contributed by atoms with van der Waals surface area (Å²) in [4.78, 5) is 16.6. The lowest BCUT2D eigenvalue weighted by Gasteiger charge is -2.17. The third-order valence-corrected chi connectivity index (χ3v) is 4.26. The number of nitrogens with one attached hydrogen (secondary N) is 1. The van der Waals surface area contributed by atoms with Gasteiger partial charge in [0.05, 0.1) is 12.0 Å². The first kappa shape index (κ1) is 15.1. The van der Waals surface area contributed by atoms with E-state index in [9.17, 15) is 4.79 Å². The van der Waals surface area contributed by atoms with Crippen LogP contribution in [0.1, 0.15) is 30.0 Å². The van der Waals surface area contributed by atoms with Gasteiger partial charge in [-0.25, -0.2) is 4.98 Å². The average Bonchev–Trinajstić information content (AvgIpc) is 2.90. The molecule has 0 unspecified atom stereocenters. The van der Waals surface area contributed by atoms with Crippen LogP contribution in [0.25, 0.3) is 0 Å². The molecule has 0 bridgehead atoms. The van der Waals surface area contributed by atoms with Crippen LogP contribution in [0.2, 0.25) is 10.0 Å². The molecule has 2 heterocycles. The largest absolute Gasteiger partial charge is 0.475 e. The van der Waals surface area contributed by atoms with E-state index >= 15 is 0 Å². The van der Waals surface area contributed by atoms with Crippen LogP contribution in [0.15, 0.2) is 36.5 Å². The molecule has 114 valence electrons. The Morgan fingerprint density at radius 2 is 2.23 bits per heavy atom. The molecular formula is C16H14Cl2N2O2. The third-order valence-electron chi connectivity index (χ3n) is 3.70. The maximum absolute atomic E-state index is 12.5. The lowest BCUT2D eigenvalue weighted by Crippen LogP contribution is -2.32. The van der Waals surface area contributed by atoms with Crippen molar-refractivity contribution in [3.8, 4) is 5.88 Å². The van der Waals surface area contributed by atoms with Crippen LogP contribution in [0, 0.1) is 0 Å². The quantitative estimate of drug-likeness (QED) is 0.928. The zero-order valence-electron chi connectivity index (χ0n) is 11.8. The molecule has 1 aliphatic rings. The first-order valence-electron chi connectivity index (χ1n) is 6.89. The summed E-state index contributed by atoms with van der Waals surface area (Å²) in [7, 11) is 0. The molecule has 4 nitrogen and oxygen atoms in total. The van der Waals surface area contributed by atoms with E-state index in [1.54, 1.807) is 24.4 Å². The van der Waals surface area contributed by atoms with Crippen LogP contribution in [-0.4, -0.2) is 17.5 Å². The minimum absolute atomic E-state index is 0.116. The Morgan fingerprint density at radius 1 is 1.41 bits per heavy atom. The van der Waals surface area contributed by atoms with E-state index in [1.807, 2.05) is 19.1 Å². The number of nitrogens with zero attached hydrogens (tertiary/aromatic N) is 1. The first-order chi connectivity index (χ1) is 10.6. The van der Waals surface area contributed by atoms with Crippen molar-refractivity contribution in [1.29, 1.82) is 0 Å². The summed E-state index contributed by atoms with van der Waals surface area (Å²) < 4.78 is 5.47. The molecule has 3 rings (SSSR count). The van der Waals surface area contributed by atoms with Gasteiger partial charge in [-0.3, -0.25) is 4.79 Å². The van der Waals surface area contributed by atoms with Gasteiger partial charge in [-0.15, -0.1) is 0 Å².